The zero-order chi connectivity index (χ0) is 23.6. The Balaban J connectivity index is 1.77. The molecule has 0 aliphatic heterocycles. The third kappa shape index (κ3) is 6.98. The van der Waals surface area contributed by atoms with Gasteiger partial charge in [0.15, 0.2) is 18.1 Å². The van der Waals surface area contributed by atoms with Crippen molar-refractivity contribution in [3.63, 3.8) is 0 Å². The molecular formula is C27H36N2O4. The van der Waals surface area contributed by atoms with Crippen LogP contribution in [0.2, 0.25) is 0 Å². The summed E-state index contributed by atoms with van der Waals surface area (Å²) in [6.45, 7) is 4.15. The Morgan fingerprint density at radius 1 is 1.06 bits per heavy atom. The molecule has 2 aromatic carbocycles. The maximum atomic E-state index is 13.4. The maximum Gasteiger partial charge on any atom is 0.261 e. The van der Waals surface area contributed by atoms with Gasteiger partial charge in [-0.2, -0.15) is 0 Å². The number of ether oxygens (including phenoxy) is 2. The van der Waals surface area contributed by atoms with Gasteiger partial charge in [-0.05, 0) is 43.9 Å². The first-order valence-electron chi connectivity index (χ1n) is 11.9. The first-order chi connectivity index (χ1) is 16.0. The second-order valence-electron chi connectivity index (χ2n) is 8.72. The van der Waals surface area contributed by atoms with Gasteiger partial charge < -0.3 is 19.7 Å². The second-order valence-corrected chi connectivity index (χ2v) is 8.72. The van der Waals surface area contributed by atoms with Crippen molar-refractivity contribution >= 4 is 11.8 Å². The summed E-state index contributed by atoms with van der Waals surface area (Å²) in [4.78, 5) is 28.3. The Kier molecular flexibility index (Phi) is 9.16. The normalized spacial score (nSPS) is 14.9. The monoisotopic (exact) mass is 452 g/mol. The SMILES string of the molecule is CC[C@@H](C(=O)NC1CCCCC1)N(Cc1cccc(C)c1)C(=O)COc1ccccc1OC. The molecule has 0 spiro atoms. The number of carbonyl (C=O) groups is 2. The molecule has 2 amide bonds. The lowest BCUT2D eigenvalue weighted by Crippen LogP contribution is -2.52. The Morgan fingerprint density at radius 3 is 2.45 bits per heavy atom. The lowest BCUT2D eigenvalue weighted by molar-refractivity contribution is -0.143. The van der Waals surface area contributed by atoms with Gasteiger partial charge in [0.25, 0.3) is 5.91 Å². The molecule has 33 heavy (non-hydrogen) atoms. The van der Waals surface area contributed by atoms with Gasteiger partial charge in [-0.3, -0.25) is 9.59 Å². The minimum Gasteiger partial charge on any atom is -0.493 e. The number of aryl methyl sites for hydroxylation is 1. The van der Waals surface area contributed by atoms with Crippen LogP contribution in [0.1, 0.15) is 56.6 Å². The molecular weight excluding hydrogens is 416 g/mol. The summed E-state index contributed by atoms with van der Waals surface area (Å²) in [7, 11) is 1.57. The molecule has 0 bridgehead atoms. The summed E-state index contributed by atoms with van der Waals surface area (Å²) in [6, 6.07) is 14.9. The third-order valence-corrected chi connectivity index (χ3v) is 6.19. The van der Waals surface area contributed by atoms with Gasteiger partial charge in [0.1, 0.15) is 6.04 Å². The van der Waals surface area contributed by atoms with Gasteiger partial charge >= 0.3 is 0 Å². The predicted molar refractivity (Wildman–Crippen MR) is 129 cm³/mol. The van der Waals surface area contributed by atoms with E-state index >= 15 is 0 Å². The molecule has 0 radical (unpaired) electrons. The Bertz CT molecular complexity index is 924. The van der Waals surface area contributed by atoms with Crippen molar-refractivity contribution in [3.05, 3.63) is 59.7 Å². The predicted octanol–water partition coefficient (Wildman–Crippen LogP) is 4.64. The summed E-state index contributed by atoms with van der Waals surface area (Å²) < 4.78 is 11.1. The molecule has 2 aromatic rings. The quantitative estimate of drug-likeness (QED) is 0.570. The minimum absolute atomic E-state index is 0.0808. The molecule has 1 saturated carbocycles. The molecule has 0 unspecified atom stereocenters. The van der Waals surface area contributed by atoms with E-state index in [0.29, 0.717) is 24.5 Å². The van der Waals surface area contributed by atoms with E-state index in [9.17, 15) is 9.59 Å². The van der Waals surface area contributed by atoms with Gasteiger partial charge in [0.2, 0.25) is 5.91 Å². The molecule has 178 valence electrons. The first kappa shape index (κ1) is 24.6. The van der Waals surface area contributed by atoms with Crippen LogP contribution >= 0.6 is 0 Å². The van der Waals surface area contributed by atoms with Crippen molar-refractivity contribution in [1.82, 2.24) is 10.2 Å². The average Bonchev–Trinajstić information content (AvgIpc) is 2.83. The van der Waals surface area contributed by atoms with Gasteiger partial charge in [-0.25, -0.2) is 0 Å². The van der Waals surface area contributed by atoms with Crippen molar-refractivity contribution in [3.8, 4) is 11.5 Å². The molecule has 1 atom stereocenters. The van der Waals surface area contributed by atoms with Gasteiger partial charge in [-0.15, -0.1) is 0 Å². The van der Waals surface area contributed by atoms with Crippen LogP contribution in [0.5, 0.6) is 11.5 Å². The zero-order valence-corrected chi connectivity index (χ0v) is 20.0. The van der Waals surface area contributed by atoms with E-state index in [1.807, 2.05) is 50.2 Å². The van der Waals surface area contributed by atoms with Gasteiger partial charge in [0.05, 0.1) is 7.11 Å². The largest absolute Gasteiger partial charge is 0.493 e. The summed E-state index contributed by atoms with van der Waals surface area (Å²) in [6.07, 6.45) is 6.04. The minimum atomic E-state index is -0.554. The Hall–Kier alpha value is -3.02. The van der Waals surface area contributed by atoms with E-state index in [1.54, 1.807) is 24.1 Å². The molecule has 0 saturated heterocycles. The second kappa shape index (κ2) is 12.3. The Labute approximate surface area is 197 Å². The fourth-order valence-corrected chi connectivity index (χ4v) is 4.43. The maximum absolute atomic E-state index is 13.4. The van der Waals surface area contributed by atoms with E-state index in [1.165, 1.54) is 6.42 Å². The number of para-hydroxylation sites is 2. The average molecular weight is 453 g/mol. The van der Waals surface area contributed by atoms with Crippen LogP contribution < -0.4 is 14.8 Å². The van der Waals surface area contributed by atoms with Gasteiger partial charge in [0, 0.05) is 12.6 Å². The highest BCUT2D eigenvalue weighted by Gasteiger charge is 2.30. The molecule has 1 aliphatic rings. The molecule has 6 heteroatoms. The van der Waals surface area contributed by atoms with Crippen LogP contribution in [0.4, 0.5) is 0 Å². The van der Waals surface area contributed by atoms with Crippen molar-refractivity contribution in [1.29, 1.82) is 0 Å². The third-order valence-electron chi connectivity index (χ3n) is 6.19. The van der Waals surface area contributed by atoms with Crippen LogP contribution in [0.25, 0.3) is 0 Å². The number of amides is 2. The Morgan fingerprint density at radius 2 is 1.79 bits per heavy atom. The summed E-state index contributed by atoms with van der Waals surface area (Å²) in [5.74, 6) is 0.761. The van der Waals surface area contributed by atoms with Crippen LogP contribution in [0.15, 0.2) is 48.5 Å². The molecule has 6 nitrogen and oxygen atoms in total. The summed E-state index contributed by atoms with van der Waals surface area (Å²) in [5.41, 5.74) is 2.11. The molecule has 1 N–H and O–H groups in total. The van der Waals surface area contributed by atoms with Gasteiger partial charge in [-0.1, -0.05) is 68.1 Å². The lowest BCUT2D eigenvalue weighted by atomic mass is 9.95. The molecule has 1 aliphatic carbocycles. The number of hydrogen-bond donors (Lipinski definition) is 1. The van der Waals surface area contributed by atoms with Crippen molar-refractivity contribution in [2.75, 3.05) is 13.7 Å². The van der Waals surface area contributed by atoms with Crippen molar-refractivity contribution in [2.45, 2.75) is 71.0 Å². The molecule has 3 rings (SSSR count). The van der Waals surface area contributed by atoms with E-state index in [2.05, 4.69) is 5.32 Å². The van der Waals surface area contributed by atoms with E-state index in [0.717, 1.165) is 36.8 Å². The smallest absolute Gasteiger partial charge is 0.261 e. The lowest BCUT2D eigenvalue weighted by Gasteiger charge is -2.32. The molecule has 0 aromatic heterocycles. The number of nitrogens with zero attached hydrogens (tertiary/aromatic N) is 1. The van der Waals surface area contributed by atoms with Crippen LogP contribution in [0, 0.1) is 6.92 Å². The number of hydrogen-bond acceptors (Lipinski definition) is 4. The highest BCUT2D eigenvalue weighted by Crippen LogP contribution is 2.26. The fourth-order valence-electron chi connectivity index (χ4n) is 4.43. The van der Waals surface area contributed by atoms with Crippen LogP contribution in [-0.4, -0.2) is 42.5 Å². The van der Waals surface area contributed by atoms with Crippen LogP contribution in [0.3, 0.4) is 0 Å². The zero-order valence-electron chi connectivity index (χ0n) is 20.0. The van der Waals surface area contributed by atoms with Crippen molar-refractivity contribution in [2.24, 2.45) is 0 Å². The first-order valence-corrected chi connectivity index (χ1v) is 11.9. The highest BCUT2D eigenvalue weighted by atomic mass is 16.5. The van der Waals surface area contributed by atoms with E-state index < -0.39 is 6.04 Å². The number of benzene rings is 2. The standard InChI is InChI=1S/C27H36N2O4/c1-4-23(27(31)28-22-13-6-5-7-14-22)29(18-21-12-10-11-20(2)17-21)26(30)19-33-25-16-9-8-15-24(25)32-3/h8-12,15-17,22-23H,4-7,13-14,18-19H2,1-3H3,(H,28,31)/t23-/m0/s1. The number of rotatable bonds is 10. The number of methoxy groups -OCH3 is 1. The number of carbonyl (C=O) groups excluding carboxylic acids is 2. The highest BCUT2D eigenvalue weighted by molar-refractivity contribution is 5.88. The molecule has 0 heterocycles. The van der Waals surface area contributed by atoms with Crippen LogP contribution in [-0.2, 0) is 16.1 Å². The van der Waals surface area contributed by atoms with E-state index in [4.69, 9.17) is 9.47 Å². The van der Waals surface area contributed by atoms with E-state index in [-0.39, 0.29) is 24.5 Å². The van der Waals surface area contributed by atoms with Crippen molar-refractivity contribution < 1.29 is 19.1 Å². The summed E-state index contributed by atoms with van der Waals surface area (Å²) >= 11 is 0. The fraction of sp³-hybridized carbons (Fsp3) is 0.481. The topological polar surface area (TPSA) is 67.9 Å². The number of nitrogens with one attached hydrogen (secondary N) is 1. The summed E-state index contributed by atoms with van der Waals surface area (Å²) in [5, 5.41) is 3.20. The molecule has 1 fully saturated rings.